The summed E-state index contributed by atoms with van der Waals surface area (Å²) in [4.78, 5) is 0. The second-order valence-corrected chi connectivity index (χ2v) is 7.98. The lowest BCUT2D eigenvalue weighted by Gasteiger charge is -2.16. The summed E-state index contributed by atoms with van der Waals surface area (Å²) in [6, 6.07) is 0. The van der Waals surface area contributed by atoms with Gasteiger partial charge in [-0.05, 0) is 13.8 Å². The van der Waals surface area contributed by atoms with Crippen LogP contribution >= 0.6 is 0 Å². The van der Waals surface area contributed by atoms with Gasteiger partial charge in [-0.3, -0.25) is 8.37 Å². The normalized spacial score (nSPS) is 27.6. The molecule has 0 saturated carbocycles. The van der Waals surface area contributed by atoms with Crippen molar-refractivity contribution in [2.45, 2.75) is 31.8 Å². The maximum absolute atomic E-state index is 10.9. The molecule has 114 valence electrons. The van der Waals surface area contributed by atoms with Crippen molar-refractivity contribution in [2.75, 3.05) is 25.7 Å². The van der Waals surface area contributed by atoms with Gasteiger partial charge >= 0.3 is 0 Å². The Bertz CT molecular complexity index is 460. The van der Waals surface area contributed by atoms with Crippen LogP contribution in [0.1, 0.15) is 13.8 Å². The standard InChI is InChI=1S/C9H18O8S2/c1-9(2)16-7(5-14-18(3,10)11)8(17-9)6-15-19(4,12)13/h7-8H,5-6H2,1-4H3/t7-,8-/m0/s1. The minimum atomic E-state index is -3.61. The molecule has 0 amide bonds. The molecule has 0 aromatic carbocycles. The van der Waals surface area contributed by atoms with Crippen LogP contribution in [0.25, 0.3) is 0 Å². The van der Waals surface area contributed by atoms with E-state index in [1.54, 1.807) is 13.8 Å². The van der Waals surface area contributed by atoms with Gasteiger partial charge in [0.1, 0.15) is 12.2 Å². The van der Waals surface area contributed by atoms with Gasteiger partial charge in [-0.1, -0.05) is 0 Å². The van der Waals surface area contributed by atoms with Gasteiger partial charge in [-0.15, -0.1) is 0 Å². The van der Waals surface area contributed by atoms with Crippen LogP contribution in [0.15, 0.2) is 0 Å². The molecule has 10 heteroatoms. The van der Waals surface area contributed by atoms with Gasteiger partial charge < -0.3 is 9.47 Å². The summed E-state index contributed by atoms with van der Waals surface area (Å²) in [5.74, 6) is -0.961. The van der Waals surface area contributed by atoms with E-state index in [0.29, 0.717) is 0 Å². The topological polar surface area (TPSA) is 105 Å². The van der Waals surface area contributed by atoms with Crippen LogP contribution < -0.4 is 0 Å². The van der Waals surface area contributed by atoms with E-state index in [0.717, 1.165) is 12.5 Å². The lowest BCUT2D eigenvalue weighted by Crippen LogP contribution is -2.33. The Morgan fingerprint density at radius 1 is 0.895 bits per heavy atom. The van der Waals surface area contributed by atoms with Crippen molar-refractivity contribution in [1.29, 1.82) is 0 Å². The molecule has 19 heavy (non-hydrogen) atoms. The fraction of sp³-hybridized carbons (Fsp3) is 1.00. The number of hydrogen-bond donors (Lipinski definition) is 0. The van der Waals surface area contributed by atoms with E-state index >= 15 is 0 Å². The molecule has 1 saturated heterocycles. The van der Waals surface area contributed by atoms with Crippen molar-refractivity contribution >= 4 is 20.2 Å². The highest BCUT2D eigenvalue weighted by Crippen LogP contribution is 2.29. The minimum absolute atomic E-state index is 0.264. The Morgan fingerprint density at radius 3 is 1.47 bits per heavy atom. The van der Waals surface area contributed by atoms with Crippen LogP contribution in [-0.4, -0.2) is 60.6 Å². The first-order valence-electron chi connectivity index (χ1n) is 5.42. The Labute approximate surface area is 113 Å². The van der Waals surface area contributed by atoms with Crippen molar-refractivity contribution < 1.29 is 34.7 Å². The summed E-state index contributed by atoms with van der Waals surface area (Å²) in [5.41, 5.74) is 0. The third kappa shape index (κ3) is 6.63. The van der Waals surface area contributed by atoms with Crippen molar-refractivity contribution in [2.24, 2.45) is 0 Å². The fourth-order valence-electron chi connectivity index (χ4n) is 1.57. The highest BCUT2D eigenvalue weighted by Gasteiger charge is 2.42. The van der Waals surface area contributed by atoms with Gasteiger partial charge in [0.25, 0.3) is 20.2 Å². The highest BCUT2D eigenvalue weighted by atomic mass is 32.2. The molecule has 0 spiro atoms. The van der Waals surface area contributed by atoms with E-state index in [2.05, 4.69) is 8.37 Å². The molecule has 0 aromatic heterocycles. The summed E-state index contributed by atoms with van der Waals surface area (Å²) in [5, 5.41) is 0. The molecular weight excluding hydrogens is 300 g/mol. The van der Waals surface area contributed by atoms with E-state index < -0.39 is 38.2 Å². The summed E-state index contributed by atoms with van der Waals surface area (Å²) in [7, 11) is -7.22. The number of hydrogen-bond acceptors (Lipinski definition) is 8. The van der Waals surface area contributed by atoms with E-state index in [4.69, 9.17) is 9.47 Å². The third-order valence-electron chi connectivity index (χ3n) is 2.18. The van der Waals surface area contributed by atoms with E-state index in [1.807, 2.05) is 0 Å². The molecule has 1 heterocycles. The Balaban J connectivity index is 2.65. The van der Waals surface area contributed by atoms with Crippen LogP contribution in [0.3, 0.4) is 0 Å². The molecule has 2 atom stereocenters. The first-order valence-corrected chi connectivity index (χ1v) is 9.06. The quantitative estimate of drug-likeness (QED) is 0.601. The highest BCUT2D eigenvalue weighted by molar-refractivity contribution is 7.86. The van der Waals surface area contributed by atoms with Crippen molar-refractivity contribution in [3.05, 3.63) is 0 Å². The van der Waals surface area contributed by atoms with Crippen molar-refractivity contribution in [1.82, 2.24) is 0 Å². The van der Waals surface area contributed by atoms with Crippen molar-refractivity contribution in [3.8, 4) is 0 Å². The predicted molar refractivity (Wildman–Crippen MR) is 65.4 cm³/mol. The molecule has 1 fully saturated rings. The second-order valence-electron chi connectivity index (χ2n) is 4.69. The summed E-state index contributed by atoms with van der Waals surface area (Å²) in [6.07, 6.45) is 0.365. The SMILES string of the molecule is CC1(C)O[C@@H](COS(C)(=O)=O)[C@H](COS(C)(=O)=O)O1. The van der Waals surface area contributed by atoms with E-state index in [9.17, 15) is 16.8 Å². The van der Waals surface area contributed by atoms with Crippen LogP contribution in [-0.2, 0) is 38.1 Å². The lowest BCUT2D eigenvalue weighted by atomic mass is 10.2. The third-order valence-corrected chi connectivity index (χ3v) is 3.31. The van der Waals surface area contributed by atoms with Crippen LogP contribution in [0.5, 0.6) is 0 Å². The molecule has 0 radical (unpaired) electrons. The molecule has 0 aliphatic carbocycles. The molecule has 0 unspecified atom stereocenters. The predicted octanol–water partition coefficient (Wildman–Crippen LogP) is -0.541. The zero-order chi connectivity index (χ0) is 14.9. The van der Waals surface area contributed by atoms with Gasteiger partial charge in [-0.2, -0.15) is 16.8 Å². The van der Waals surface area contributed by atoms with Crippen LogP contribution in [0.4, 0.5) is 0 Å². The molecule has 0 aromatic rings. The van der Waals surface area contributed by atoms with Gasteiger partial charge in [0.15, 0.2) is 5.79 Å². The second kappa shape index (κ2) is 5.62. The van der Waals surface area contributed by atoms with Gasteiger partial charge in [0.05, 0.1) is 25.7 Å². The molecule has 1 aliphatic rings. The maximum Gasteiger partial charge on any atom is 0.264 e. The minimum Gasteiger partial charge on any atom is -0.342 e. The molecule has 1 aliphatic heterocycles. The summed E-state index contributed by atoms with van der Waals surface area (Å²) < 4.78 is 63.8. The van der Waals surface area contributed by atoms with Gasteiger partial charge in [0.2, 0.25) is 0 Å². The van der Waals surface area contributed by atoms with Gasteiger partial charge in [0, 0.05) is 0 Å². The molecule has 0 N–H and O–H groups in total. The molecular formula is C9H18O8S2. The Kier molecular flexibility index (Phi) is 4.97. The van der Waals surface area contributed by atoms with Crippen LogP contribution in [0.2, 0.25) is 0 Å². The Morgan fingerprint density at radius 2 is 1.21 bits per heavy atom. The number of rotatable bonds is 6. The van der Waals surface area contributed by atoms with Crippen molar-refractivity contribution in [3.63, 3.8) is 0 Å². The average molecular weight is 318 g/mol. The first-order chi connectivity index (χ1) is 8.38. The monoisotopic (exact) mass is 318 g/mol. The molecule has 1 rings (SSSR count). The zero-order valence-electron chi connectivity index (χ0n) is 11.2. The zero-order valence-corrected chi connectivity index (χ0v) is 12.8. The molecule has 0 bridgehead atoms. The summed E-state index contributed by atoms with van der Waals surface area (Å²) >= 11 is 0. The lowest BCUT2D eigenvalue weighted by molar-refractivity contribution is -0.150. The van der Waals surface area contributed by atoms with E-state index in [-0.39, 0.29) is 13.2 Å². The van der Waals surface area contributed by atoms with E-state index in [1.165, 1.54) is 0 Å². The smallest absolute Gasteiger partial charge is 0.264 e. The first kappa shape index (κ1) is 16.8. The van der Waals surface area contributed by atoms with Crippen LogP contribution in [0, 0.1) is 0 Å². The average Bonchev–Trinajstić information content (AvgIpc) is 2.45. The van der Waals surface area contributed by atoms with Gasteiger partial charge in [-0.25, -0.2) is 0 Å². The fourth-order valence-corrected chi connectivity index (χ4v) is 2.34. The largest absolute Gasteiger partial charge is 0.342 e. The molecule has 8 nitrogen and oxygen atoms in total. The Hall–Kier alpha value is -0.260. The summed E-state index contributed by atoms with van der Waals surface area (Å²) in [6.45, 7) is 2.72. The number of ether oxygens (including phenoxy) is 2. The maximum atomic E-state index is 10.9.